The Kier molecular flexibility index (Phi) is 4.37. The molecule has 0 radical (unpaired) electrons. The van der Waals surface area contributed by atoms with Gasteiger partial charge < -0.3 is 10.6 Å². The van der Waals surface area contributed by atoms with E-state index >= 15 is 0 Å². The fourth-order valence-electron chi connectivity index (χ4n) is 2.56. The van der Waals surface area contributed by atoms with Crippen molar-refractivity contribution in [3.8, 4) is 0 Å². The van der Waals surface area contributed by atoms with E-state index in [1.54, 1.807) is 0 Å². The van der Waals surface area contributed by atoms with Gasteiger partial charge in [-0.2, -0.15) is 0 Å². The van der Waals surface area contributed by atoms with Gasteiger partial charge in [0.25, 0.3) is 0 Å². The predicted octanol–water partition coefficient (Wildman–Crippen LogP) is 2.33. The molecule has 1 saturated heterocycles. The number of nitrogens with zero attached hydrogens (tertiary/aromatic N) is 1. The summed E-state index contributed by atoms with van der Waals surface area (Å²) in [6.07, 6.45) is 3.44. The number of benzene rings is 1. The summed E-state index contributed by atoms with van der Waals surface area (Å²) in [5.74, 6) is 0.845. The number of amides is 1. The van der Waals surface area contributed by atoms with Gasteiger partial charge >= 0.3 is 0 Å². The standard InChI is InChI=1S/C15H22N2O/c1-2-12-8-10-17(11-9-12)15(18)14(16)13-6-4-3-5-7-13/h3-7,12,14H,2,8-11,16H2,1H3/t14-/m1/s1. The quantitative estimate of drug-likeness (QED) is 0.889. The third-order valence-corrected chi connectivity index (χ3v) is 3.93. The van der Waals surface area contributed by atoms with Gasteiger partial charge in [-0.25, -0.2) is 0 Å². The molecule has 2 N–H and O–H groups in total. The Labute approximate surface area is 109 Å². The molecule has 1 aromatic rings. The summed E-state index contributed by atoms with van der Waals surface area (Å²) in [5, 5.41) is 0. The maximum absolute atomic E-state index is 12.3. The highest BCUT2D eigenvalue weighted by Gasteiger charge is 2.26. The van der Waals surface area contributed by atoms with Crippen LogP contribution in [0, 0.1) is 5.92 Å². The number of piperidine rings is 1. The summed E-state index contributed by atoms with van der Waals surface area (Å²) >= 11 is 0. The maximum atomic E-state index is 12.3. The predicted molar refractivity (Wildman–Crippen MR) is 73.0 cm³/mol. The van der Waals surface area contributed by atoms with Crippen molar-refractivity contribution in [2.75, 3.05) is 13.1 Å². The van der Waals surface area contributed by atoms with E-state index in [1.807, 2.05) is 35.2 Å². The molecule has 1 fully saturated rings. The first-order valence-electron chi connectivity index (χ1n) is 6.81. The lowest BCUT2D eigenvalue weighted by atomic mass is 9.93. The fourth-order valence-corrected chi connectivity index (χ4v) is 2.56. The molecule has 1 amide bonds. The summed E-state index contributed by atoms with van der Waals surface area (Å²) in [5.41, 5.74) is 6.95. The molecule has 0 aromatic heterocycles. The minimum atomic E-state index is -0.510. The Morgan fingerprint density at radius 1 is 1.33 bits per heavy atom. The fraction of sp³-hybridized carbons (Fsp3) is 0.533. The zero-order valence-electron chi connectivity index (χ0n) is 11.0. The van der Waals surface area contributed by atoms with E-state index in [0.717, 1.165) is 37.4 Å². The largest absolute Gasteiger partial charge is 0.341 e. The van der Waals surface area contributed by atoms with Crippen LogP contribution in [0.4, 0.5) is 0 Å². The van der Waals surface area contributed by atoms with Crippen molar-refractivity contribution in [2.24, 2.45) is 11.7 Å². The van der Waals surface area contributed by atoms with Crippen molar-refractivity contribution in [2.45, 2.75) is 32.2 Å². The number of carbonyl (C=O) groups is 1. The van der Waals surface area contributed by atoms with E-state index < -0.39 is 6.04 Å². The monoisotopic (exact) mass is 246 g/mol. The summed E-state index contributed by atoms with van der Waals surface area (Å²) < 4.78 is 0. The van der Waals surface area contributed by atoms with E-state index in [0.29, 0.717) is 0 Å². The van der Waals surface area contributed by atoms with Crippen molar-refractivity contribution in [1.29, 1.82) is 0 Å². The lowest BCUT2D eigenvalue weighted by Crippen LogP contribution is -2.43. The third-order valence-electron chi connectivity index (χ3n) is 3.93. The number of carbonyl (C=O) groups excluding carboxylic acids is 1. The second kappa shape index (κ2) is 6.01. The highest BCUT2D eigenvalue weighted by atomic mass is 16.2. The molecule has 3 heteroatoms. The maximum Gasteiger partial charge on any atom is 0.244 e. The van der Waals surface area contributed by atoms with Gasteiger partial charge in [0.1, 0.15) is 6.04 Å². The van der Waals surface area contributed by atoms with Crippen molar-refractivity contribution in [3.05, 3.63) is 35.9 Å². The van der Waals surface area contributed by atoms with Crippen molar-refractivity contribution in [3.63, 3.8) is 0 Å². The van der Waals surface area contributed by atoms with Crippen LogP contribution in [0.2, 0.25) is 0 Å². The SMILES string of the molecule is CCC1CCN(C(=O)[C@H](N)c2ccccc2)CC1. The minimum absolute atomic E-state index is 0.0655. The zero-order chi connectivity index (χ0) is 13.0. The first-order valence-corrected chi connectivity index (χ1v) is 6.81. The molecule has 0 aliphatic carbocycles. The van der Waals surface area contributed by atoms with Crippen molar-refractivity contribution >= 4 is 5.91 Å². The van der Waals surface area contributed by atoms with Crippen LogP contribution in [0.5, 0.6) is 0 Å². The van der Waals surface area contributed by atoms with Gasteiger partial charge in [0.05, 0.1) is 0 Å². The van der Waals surface area contributed by atoms with Crippen LogP contribution in [0.3, 0.4) is 0 Å². The molecule has 3 nitrogen and oxygen atoms in total. The van der Waals surface area contributed by atoms with Crippen LogP contribution >= 0.6 is 0 Å². The molecule has 1 aromatic carbocycles. The zero-order valence-corrected chi connectivity index (χ0v) is 11.0. The van der Waals surface area contributed by atoms with Crippen molar-refractivity contribution < 1.29 is 4.79 Å². The molecule has 0 unspecified atom stereocenters. The normalized spacial score (nSPS) is 18.7. The van der Waals surface area contributed by atoms with E-state index in [4.69, 9.17) is 5.73 Å². The van der Waals surface area contributed by atoms with E-state index in [1.165, 1.54) is 6.42 Å². The van der Waals surface area contributed by atoms with Crippen LogP contribution in [0.25, 0.3) is 0 Å². The first kappa shape index (κ1) is 13.1. The van der Waals surface area contributed by atoms with Gasteiger partial charge in [0.15, 0.2) is 0 Å². The molecule has 18 heavy (non-hydrogen) atoms. The molecule has 98 valence electrons. The van der Waals surface area contributed by atoms with Gasteiger partial charge in [-0.15, -0.1) is 0 Å². The van der Waals surface area contributed by atoms with E-state index in [2.05, 4.69) is 6.92 Å². The summed E-state index contributed by atoms with van der Waals surface area (Å²) in [6, 6.07) is 9.11. The molecule has 2 rings (SSSR count). The van der Waals surface area contributed by atoms with Crippen molar-refractivity contribution in [1.82, 2.24) is 4.90 Å². The van der Waals surface area contributed by atoms with E-state index in [-0.39, 0.29) is 5.91 Å². The second-order valence-corrected chi connectivity index (χ2v) is 5.07. The van der Waals surface area contributed by atoms with Gasteiger partial charge in [-0.05, 0) is 24.3 Å². The number of rotatable bonds is 3. The van der Waals surface area contributed by atoms with E-state index in [9.17, 15) is 4.79 Å². The molecule has 1 heterocycles. The summed E-state index contributed by atoms with van der Waals surface area (Å²) in [4.78, 5) is 14.2. The molecule has 1 atom stereocenters. The first-order chi connectivity index (χ1) is 8.72. The summed E-state index contributed by atoms with van der Waals surface area (Å²) in [6.45, 7) is 3.94. The average Bonchev–Trinajstić information content (AvgIpc) is 2.47. The minimum Gasteiger partial charge on any atom is -0.341 e. The van der Waals surface area contributed by atoms with Crippen LogP contribution < -0.4 is 5.73 Å². The molecule has 1 aliphatic rings. The topological polar surface area (TPSA) is 46.3 Å². The third kappa shape index (κ3) is 2.91. The Morgan fingerprint density at radius 3 is 2.50 bits per heavy atom. The molecular formula is C15H22N2O. The number of hydrogen-bond acceptors (Lipinski definition) is 2. The van der Waals surface area contributed by atoms with Gasteiger partial charge in [0, 0.05) is 13.1 Å². The Bertz CT molecular complexity index is 383. The van der Waals surface area contributed by atoms with Crippen LogP contribution in [-0.4, -0.2) is 23.9 Å². The van der Waals surface area contributed by atoms with Crippen LogP contribution in [-0.2, 0) is 4.79 Å². The lowest BCUT2D eigenvalue weighted by Gasteiger charge is -2.33. The van der Waals surface area contributed by atoms with Gasteiger partial charge in [-0.3, -0.25) is 4.79 Å². The van der Waals surface area contributed by atoms with Crippen LogP contribution in [0.1, 0.15) is 37.8 Å². The summed E-state index contributed by atoms with van der Waals surface area (Å²) in [7, 11) is 0. The Morgan fingerprint density at radius 2 is 1.94 bits per heavy atom. The number of nitrogens with two attached hydrogens (primary N) is 1. The Balaban J connectivity index is 1.96. The highest BCUT2D eigenvalue weighted by molar-refractivity contribution is 5.83. The number of likely N-dealkylation sites (tertiary alicyclic amines) is 1. The molecule has 0 bridgehead atoms. The second-order valence-electron chi connectivity index (χ2n) is 5.07. The van der Waals surface area contributed by atoms with Gasteiger partial charge in [-0.1, -0.05) is 43.7 Å². The molecule has 0 saturated carbocycles. The smallest absolute Gasteiger partial charge is 0.244 e. The number of hydrogen-bond donors (Lipinski definition) is 1. The molecular weight excluding hydrogens is 224 g/mol. The Hall–Kier alpha value is -1.35. The highest BCUT2D eigenvalue weighted by Crippen LogP contribution is 2.22. The average molecular weight is 246 g/mol. The van der Waals surface area contributed by atoms with Gasteiger partial charge in [0.2, 0.25) is 5.91 Å². The molecule has 0 spiro atoms. The van der Waals surface area contributed by atoms with Crippen LogP contribution in [0.15, 0.2) is 30.3 Å². The molecule has 1 aliphatic heterocycles. The lowest BCUT2D eigenvalue weighted by molar-refractivity contribution is -0.134.